The van der Waals surface area contributed by atoms with E-state index >= 15 is 0 Å². The molecule has 0 spiro atoms. The van der Waals surface area contributed by atoms with Crippen LogP contribution in [0.1, 0.15) is 10.4 Å². The van der Waals surface area contributed by atoms with Crippen LogP contribution in [0.15, 0.2) is 28.5 Å². The minimum Gasteiger partial charge on any atom is -0.315 e. The van der Waals surface area contributed by atoms with E-state index in [1.807, 2.05) is 0 Å². The Hall–Kier alpha value is -1.51. The van der Waals surface area contributed by atoms with Crippen molar-refractivity contribution in [1.29, 1.82) is 0 Å². The van der Waals surface area contributed by atoms with E-state index in [-0.39, 0.29) is 9.77 Å². The summed E-state index contributed by atoms with van der Waals surface area (Å²) in [7, 11) is -2.18. The Morgan fingerprint density at radius 3 is 2.57 bits per heavy atom. The average Bonchev–Trinajstić information content (AvgIpc) is 2.86. The molecule has 2 rings (SSSR count). The first-order chi connectivity index (χ1) is 9.83. The first-order valence-corrected chi connectivity index (χ1v) is 8.35. The van der Waals surface area contributed by atoms with Gasteiger partial charge in [-0.1, -0.05) is 0 Å². The molecule has 114 valence electrons. The third kappa shape index (κ3) is 3.58. The van der Waals surface area contributed by atoms with Gasteiger partial charge in [0.15, 0.2) is 0 Å². The number of anilines is 1. The van der Waals surface area contributed by atoms with Crippen molar-refractivity contribution in [3.8, 4) is 0 Å². The smallest absolute Gasteiger partial charge is 0.271 e. The van der Waals surface area contributed by atoms with Gasteiger partial charge in [0.25, 0.3) is 10.0 Å². The summed E-state index contributed by atoms with van der Waals surface area (Å²) in [6, 6.07) is 4.89. The lowest BCUT2D eigenvalue weighted by Crippen LogP contribution is -2.13. The Morgan fingerprint density at radius 2 is 1.90 bits per heavy atom. The Morgan fingerprint density at radius 1 is 1.19 bits per heavy atom. The molecular formula is C13H14F2N2O2S2. The highest BCUT2D eigenvalue weighted by molar-refractivity contribution is 7.94. The topological polar surface area (TPSA) is 58.2 Å². The van der Waals surface area contributed by atoms with Crippen molar-refractivity contribution in [2.24, 2.45) is 0 Å². The van der Waals surface area contributed by atoms with Gasteiger partial charge in [-0.3, -0.25) is 4.72 Å². The van der Waals surface area contributed by atoms with E-state index in [1.54, 1.807) is 13.1 Å². The SMILES string of the molecule is CNCc1ccc(S(=O)(=O)Nc2cc(F)c(C)cc2F)s1. The van der Waals surface area contributed by atoms with Gasteiger partial charge in [-0.2, -0.15) is 0 Å². The number of benzene rings is 1. The highest BCUT2D eigenvalue weighted by Gasteiger charge is 2.19. The van der Waals surface area contributed by atoms with Crippen LogP contribution in [0, 0.1) is 18.6 Å². The Labute approximate surface area is 125 Å². The molecule has 4 nitrogen and oxygen atoms in total. The van der Waals surface area contributed by atoms with Gasteiger partial charge in [-0.05, 0) is 37.7 Å². The van der Waals surface area contributed by atoms with Crippen LogP contribution in [0.3, 0.4) is 0 Å². The molecule has 1 heterocycles. The van der Waals surface area contributed by atoms with Crippen LogP contribution in [-0.2, 0) is 16.6 Å². The largest absolute Gasteiger partial charge is 0.315 e. The number of aryl methyl sites for hydroxylation is 1. The molecular weight excluding hydrogens is 318 g/mol. The molecule has 0 saturated carbocycles. The molecule has 0 aliphatic carbocycles. The minimum absolute atomic E-state index is 0.0492. The first-order valence-electron chi connectivity index (χ1n) is 6.05. The Kier molecular flexibility index (Phi) is 4.60. The maximum atomic E-state index is 13.7. The van der Waals surface area contributed by atoms with Gasteiger partial charge >= 0.3 is 0 Å². The number of thiophene rings is 1. The third-order valence-electron chi connectivity index (χ3n) is 2.75. The van der Waals surface area contributed by atoms with Gasteiger partial charge in [-0.25, -0.2) is 17.2 Å². The standard InChI is InChI=1S/C13H14F2N2O2S2/c1-8-5-11(15)12(6-10(8)14)17-21(18,19)13-4-3-9(20-13)7-16-2/h3-6,16-17H,7H2,1-2H3. The zero-order chi connectivity index (χ0) is 15.6. The second kappa shape index (κ2) is 6.08. The summed E-state index contributed by atoms with van der Waals surface area (Å²) in [5.41, 5.74) is -0.287. The van der Waals surface area contributed by atoms with E-state index in [0.717, 1.165) is 28.3 Å². The second-order valence-corrected chi connectivity index (χ2v) is 7.52. The minimum atomic E-state index is -3.93. The van der Waals surface area contributed by atoms with Gasteiger partial charge in [0, 0.05) is 17.5 Å². The van der Waals surface area contributed by atoms with E-state index < -0.39 is 27.3 Å². The van der Waals surface area contributed by atoms with Gasteiger partial charge in [-0.15, -0.1) is 11.3 Å². The van der Waals surface area contributed by atoms with Crippen molar-refractivity contribution >= 4 is 27.0 Å². The number of nitrogens with one attached hydrogen (secondary N) is 2. The number of hydrogen-bond acceptors (Lipinski definition) is 4. The predicted molar refractivity (Wildman–Crippen MR) is 79.0 cm³/mol. The molecule has 0 atom stereocenters. The van der Waals surface area contributed by atoms with Gasteiger partial charge < -0.3 is 5.32 Å². The van der Waals surface area contributed by atoms with Crippen LogP contribution in [0.2, 0.25) is 0 Å². The van der Waals surface area contributed by atoms with Gasteiger partial charge in [0.2, 0.25) is 0 Å². The molecule has 0 aliphatic rings. The Bertz CT molecular complexity index is 758. The number of rotatable bonds is 5. The van der Waals surface area contributed by atoms with Gasteiger partial charge in [0.05, 0.1) is 5.69 Å². The maximum absolute atomic E-state index is 13.7. The molecule has 2 N–H and O–H groups in total. The fraction of sp³-hybridized carbons (Fsp3) is 0.231. The van der Waals surface area contributed by atoms with E-state index in [0.29, 0.717) is 6.54 Å². The molecule has 0 amide bonds. The van der Waals surface area contributed by atoms with Crippen molar-refractivity contribution in [2.75, 3.05) is 11.8 Å². The second-order valence-electron chi connectivity index (χ2n) is 4.44. The molecule has 0 radical (unpaired) electrons. The number of sulfonamides is 1. The van der Waals surface area contributed by atoms with Crippen LogP contribution >= 0.6 is 11.3 Å². The van der Waals surface area contributed by atoms with Gasteiger partial charge in [0.1, 0.15) is 15.8 Å². The van der Waals surface area contributed by atoms with Crippen molar-refractivity contribution in [3.63, 3.8) is 0 Å². The van der Waals surface area contributed by atoms with Crippen LogP contribution < -0.4 is 10.0 Å². The van der Waals surface area contributed by atoms with Crippen LogP contribution in [0.5, 0.6) is 0 Å². The molecule has 0 saturated heterocycles. The molecule has 0 aliphatic heterocycles. The van der Waals surface area contributed by atoms with Crippen molar-refractivity contribution in [2.45, 2.75) is 17.7 Å². The fourth-order valence-electron chi connectivity index (χ4n) is 1.69. The monoisotopic (exact) mass is 332 g/mol. The maximum Gasteiger partial charge on any atom is 0.271 e. The van der Waals surface area contributed by atoms with E-state index in [2.05, 4.69) is 10.0 Å². The summed E-state index contributed by atoms with van der Waals surface area (Å²) in [4.78, 5) is 0.827. The summed E-state index contributed by atoms with van der Waals surface area (Å²) in [5, 5.41) is 2.91. The summed E-state index contributed by atoms with van der Waals surface area (Å²) in [6.45, 7) is 1.94. The molecule has 21 heavy (non-hydrogen) atoms. The molecule has 2 aromatic rings. The van der Waals surface area contributed by atoms with Crippen LogP contribution in [0.25, 0.3) is 0 Å². The quantitative estimate of drug-likeness (QED) is 0.885. The first kappa shape index (κ1) is 15.9. The lowest BCUT2D eigenvalue weighted by Gasteiger charge is -2.08. The highest BCUT2D eigenvalue weighted by atomic mass is 32.2. The molecule has 0 unspecified atom stereocenters. The summed E-state index contributed by atoms with van der Waals surface area (Å²) in [6.07, 6.45) is 0. The molecule has 0 fully saturated rings. The van der Waals surface area contributed by atoms with Crippen molar-refractivity contribution < 1.29 is 17.2 Å². The lowest BCUT2D eigenvalue weighted by atomic mass is 10.2. The zero-order valence-electron chi connectivity index (χ0n) is 11.4. The molecule has 1 aromatic carbocycles. The molecule has 8 heteroatoms. The number of hydrogen-bond donors (Lipinski definition) is 2. The third-order valence-corrected chi connectivity index (χ3v) is 5.69. The summed E-state index contributed by atoms with van der Waals surface area (Å²) >= 11 is 1.07. The van der Waals surface area contributed by atoms with E-state index in [4.69, 9.17) is 0 Å². The van der Waals surface area contributed by atoms with Crippen molar-refractivity contribution in [1.82, 2.24) is 5.32 Å². The van der Waals surface area contributed by atoms with Crippen LogP contribution in [-0.4, -0.2) is 15.5 Å². The Balaban J connectivity index is 2.30. The lowest BCUT2D eigenvalue weighted by molar-refractivity contribution is 0.591. The molecule has 0 bridgehead atoms. The predicted octanol–water partition coefficient (Wildman–Crippen LogP) is 2.85. The van der Waals surface area contributed by atoms with E-state index in [9.17, 15) is 17.2 Å². The van der Waals surface area contributed by atoms with E-state index in [1.165, 1.54) is 13.0 Å². The number of halogens is 2. The normalized spacial score (nSPS) is 11.6. The zero-order valence-corrected chi connectivity index (χ0v) is 13.0. The summed E-state index contributed by atoms with van der Waals surface area (Å²) in [5.74, 6) is -1.49. The average molecular weight is 332 g/mol. The van der Waals surface area contributed by atoms with Crippen molar-refractivity contribution in [3.05, 3.63) is 46.3 Å². The fourth-order valence-corrected chi connectivity index (χ4v) is 4.12. The van der Waals surface area contributed by atoms with Crippen LogP contribution in [0.4, 0.5) is 14.5 Å². The molecule has 1 aromatic heterocycles. The summed E-state index contributed by atoms with van der Waals surface area (Å²) < 4.78 is 53.6. The highest BCUT2D eigenvalue weighted by Crippen LogP contribution is 2.26.